The molecule has 2 aromatic carbocycles. The van der Waals surface area contributed by atoms with Crippen molar-refractivity contribution >= 4 is 34.5 Å². The molecule has 3 heterocycles. The number of ether oxygens (including phenoxy) is 2. The van der Waals surface area contributed by atoms with Crippen LogP contribution >= 0.6 is 11.8 Å². The topological polar surface area (TPSA) is 80.2 Å². The van der Waals surface area contributed by atoms with E-state index < -0.39 is 12.0 Å². The number of esters is 1. The van der Waals surface area contributed by atoms with Gasteiger partial charge in [0.1, 0.15) is 0 Å². The average molecular weight is 504 g/mol. The number of hydrogen-bond acceptors (Lipinski definition) is 7. The van der Waals surface area contributed by atoms with E-state index in [4.69, 9.17) is 14.5 Å². The number of carbonyl (C=O) groups excluding carboxylic acids is 2. The fourth-order valence-electron chi connectivity index (χ4n) is 4.70. The smallest absolute Gasteiger partial charge is 0.338 e. The van der Waals surface area contributed by atoms with Crippen LogP contribution < -0.4 is 5.32 Å². The number of benzene rings is 2. The number of amidine groups is 1. The summed E-state index contributed by atoms with van der Waals surface area (Å²) in [6, 6.07) is 19.1. The second-order valence-electron chi connectivity index (χ2n) is 8.77. The average Bonchev–Trinajstić information content (AvgIpc) is 3.58. The van der Waals surface area contributed by atoms with Gasteiger partial charge in [-0.25, -0.2) is 9.79 Å². The zero-order valence-corrected chi connectivity index (χ0v) is 21.0. The Morgan fingerprint density at radius 3 is 2.58 bits per heavy atom. The van der Waals surface area contributed by atoms with E-state index in [-0.39, 0.29) is 25.0 Å². The van der Waals surface area contributed by atoms with Crippen LogP contribution in [-0.4, -0.2) is 47.8 Å². The van der Waals surface area contributed by atoms with E-state index in [0.29, 0.717) is 17.8 Å². The van der Waals surface area contributed by atoms with Gasteiger partial charge in [0.25, 0.3) is 0 Å². The van der Waals surface area contributed by atoms with Gasteiger partial charge in [0, 0.05) is 24.4 Å². The molecule has 0 spiro atoms. The quantitative estimate of drug-likeness (QED) is 0.529. The number of thioether (sulfide) groups is 1. The summed E-state index contributed by atoms with van der Waals surface area (Å²) in [6.07, 6.45) is 2.26. The lowest BCUT2D eigenvalue weighted by molar-refractivity contribution is -0.139. The molecule has 1 fully saturated rings. The Morgan fingerprint density at radius 2 is 1.89 bits per heavy atom. The van der Waals surface area contributed by atoms with Gasteiger partial charge in [-0.1, -0.05) is 72.4 Å². The van der Waals surface area contributed by atoms with Crippen LogP contribution in [0.15, 0.2) is 82.3 Å². The number of nitrogens with one attached hydrogen (secondary N) is 1. The van der Waals surface area contributed by atoms with Crippen LogP contribution in [-0.2, 0) is 19.1 Å². The predicted octanol–water partition coefficient (Wildman–Crippen LogP) is 4.65. The summed E-state index contributed by atoms with van der Waals surface area (Å²) in [6.45, 7) is 3.31. The standard InChI is InChI=1S/C28H29N3O4S/c1-2-34-27(33)24-25(19-10-5-3-6-11-19)30-28-31(26(24)20-12-7-4-8-13-20)21(18-36-28)16-23(32)29-17-22-14-9-15-35-22/h3-8,10-13,18,22,26H,2,9,14-17H2,1H3,(H,29,32)/t22-,26-/m0/s1. The molecule has 0 aromatic heterocycles. The lowest BCUT2D eigenvalue weighted by Crippen LogP contribution is -2.38. The van der Waals surface area contributed by atoms with Crippen LogP contribution in [0.3, 0.4) is 0 Å². The van der Waals surface area contributed by atoms with Crippen molar-refractivity contribution in [3.05, 3.63) is 88.5 Å². The molecule has 0 radical (unpaired) electrons. The molecule has 186 valence electrons. The molecule has 3 aliphatic rings. The van der Waals surface area contributed by atoms with Crippen LogP contribution in [0.1, 0.15) is 43.4 Å². The fourth-order valence-corrected chi connectivity index (χ4v) is 5.62. The highest BCUT2D eigenvalue weighted by Crippen LogP contribution is 2.46. The van der Waals surface area contributed by atoms with E-state index in [1.54, 1.807) is 6.92 Å². The molecule has 36 heavy (non-hydrogen) atoms. The number of nitrogens with zero attached hydrogens (tertiary/aromatic N) is 2. The van der Waals surface area contributed by atoms with Crippen molar-refractivity contribution in [1.29, 1.82) is 0 Å². The number of carbonyl (C=O) groups is 2. The monoisotopic (exact) mass is 503 g/mol. The molecule has 2 atom stereocenters. The SMILES string of the molecule is CCOC(=O)C1=C(c2ccccc2)N=C2SC=C(CC(=O)NC[C@@H]3CCCO3)N2[C@H]1c1ccccc1. The van der Waals surface area contributed by atoms with E-state index in [2.05, 4.69) is 5.32 Å². The molecular formula is C28H29N3O4S. The lowest BCUT2D eigenvalue weighted by Gasteiger charge is -2.36. The molecule has 1 saturated heterocycles. The van der Waals surface area contributed by atoms with Crippen molar-refractivity contribution in [2.75, 3.05) is 19.8 Å². The third-order valence-electron chi connectivity index (χ3n) is 6.36. The summed E-state index contributed by atoms with van der Waals surface area (Å²) < 4.78 is 11.2. The van der Waals surface area contributed by atoms with Crippen molar-refractivity contribution in [3.63, 3.8) is 0 Å². The van der Waals surface area contributed by atoms with Gasteiger partial charge in [-0.05, 0) is 30.7 Å². The molecule has 5 rings (SSSR count). The number of aliphatic imine (C=N–C) groups is 1. The summed E-state index contributed by atoms with van der Waals surface area (Å²) in [4.78, 5) is 33.3. The third kappa shape index (κ3) is 5.10. The highest BCUT2D eigenvalue weighted by Gasteiger charge is 2.42. The van der Waals surface area contributed by atoms with Crippen LogP contribution in [0.2, 0.25) is 0 Å². The first-order valence-electron chi connectivity index (χ1n) is 12.3. The van der Waals surface area contributed by atoms with Gasteiger partial charge < -0.3 is 19.7 Å². The minimum Gasteiger partial charge on any atom is -0.463 e. The van der Waals surface area contributed by atoms with Gasteiger partial charge >= 0.3 is 5.97 Å². The summed E-state index contributed by atoms with van der Waals surface area (Å²) in [7, 11) is 0. The van der Waals surface area contributed by atoms with Crippen LogP contribution in [0, 0.1) is 0 Å². The lowest BCUT2D eigenvalue weighted by atomic mass is 9.91. The van der Waals surface area contributed by atoms with Crippen LogP contribution in [0.4, 0.5) is 0 Å². The zero-order valence-electron chi connectivity index (χ0n) is 20.2. The normalized spacial score (nSPS) is 21.1. The van der Waals surface area contributed by atoms with Crippen molar-refractivity contribution in [1.82, 2.24) is 10.2 Å². The highest BCUT2D eigenvalue weighted by atomic mass is 32.2. The van der Waals surface area contributed by atoms with Gasteiger partial charge in [-0.3, -0.25) is 4.79 Å². The van der Waals surface area contributed by atoms with E-state index >= 15 is 0 Å². The molecule has 2 aromatic rings. The van der Waals surface area contributed by atoms with Crippen LogP contribution in [0.25, 0.3) is 5.70 Å². The first-order chi connectivity index (χ1) is 17.7. The van der Waals surface area contributed by atoms with Gasteiger partial charge in [0.05, 0.1) is 36.4 Å². The molecule has 8 heteroatoms. The Hall–Kier alpha value is -3.36. The Kier molecular flexibility index (Phi) is 7.53. The largest absolute Gasteiger partial charge is 0.463 e. The van der Waals surface area contributed by atoms with Crippen molar-refractivity contribution in [2.24, 2.45) is 4.99 Å². The second kappa shape index (κ2) is 11.1. The second-order valence-corrected chi connectivity index (χ2v) is 9.61. The summed E-state index contributed by atoms with van der Waals surface area (Å²) >= 11 is 1.47. The van der Waals surface area contributed by atoms with E-state index in [1.165, 1.54) is 11.8 Å². The van der Waals surface area contributed by atoms with E-state index in [9.17, 15) is 9.59 Å². The molecule has 0 saturated carbocycles. The highest BCUT2D eigenvalue weighted by molar-refractivity contribution is 8.16. The Balaban J connectivity index is 1.51. The predicted molar refractivity (Wildman–Crippen MR) is 141 cm³/mol. The maximum Gasteiger partial charge on any atom is 0.338 e. The van der Waals surface area contributed by atoms with E-state index in [1.807, 2.05) is 71.0 Å². The molecule has 1 amide bonds. The summed E-state index contributed by atoms with van der Waals surface area (Å²) in [5.41, 5.74) is 3.63. The molecule has 3 aliphatic heterocycles. The first kappa shape index (κ1) is 24.3. The van der Waals surface area contributed by atoms with Gasteiger partial charge in [0.2, 0.25) is 5.91 Å². The van der Waals surface area contributed by atoms with Gasteiger partial charge in [-0.2, -0.15) is 0 Å². The number of amides is 1. The molecule has 0 unspecified atom stereocenters. The maximum absolute atomic E-state index is 13.4. The molecule has 1 N–H and O–H groups in total. The molecular weight excluding hydrogens is 474 g/mol. The molecule has 0 bridgehead atoms. The zero-order chi connectivity index (χ0) is 24.9. The fraction of sp³-hybridized carbons (Fsp3) is 0.321. The minimum atomic E-state index is -0.472. The summed E-state index contributed by atoms with van der Waals surface area (Å²) in [5, 5.41) is 5.70. The van der Waals surface area contributed by atoms with Gasteiger partial charge in [0.15, 0.2) is 5.17 Å². The van der Waals surface area contributed by atoms with Crippen molar-refractivity contribution < 1.29 is 19.1 Å². The maximum atomic E-state index is 13.4. The van der Waals surface area contributed by atoms with Crippen molar-refractivity contribution in [2.45, 2.75) is 38.3 Å². The summed E-state index contributed by atoms with van der Waals surface area (Å²) in [5.74, 6) is -0.493. The molecule has 0 aliphatic carbocycles. The van der Waals surface area contributed by atoms with Crippen molar-refractivity contribution in [3.8, 4) is 0 Å². The Bertz CT molecular complexity index is 1200. The first-order valence-corrected chi connectivity index (χ1v) is 13.2. The number of hydrogen-bond donors (Lipinski definition) is 1. The Labute approximate surface area is 215 Å². The Morgan fingerprint density at radius 1 is 1.14 bits per heavy atom. The van der Waals surface area contributed by atoms with Crippen LogP contribution in [0.5, 0.6) is 0 Å². The van der Waals surface area contributed by atoms with Gasteiger partial charge in [-0.15, -0.1) is 0 Å². The third-order valence-corrected chi connectivity index (χ3v) is 7.25. The number of fused-ring (bicyclic) bond motifs is 1. The molecule has 7 nitrogen and oxygen atoms in total. The van der Waals surface area contributed by atoms with E-state index in [0.717, 1.165) is 41.4 Å². The minimum absolute atomic E-state index is 0.0804. The number of rotatable bonds is 8.